The fraction of sp³-hybridized carbons (Fsp3) is 0.571. The fourth-order valence-corrected chi connectivity index (χ4v) is 3.88. The van der Waals surface area contributed by atoms with E-state index < -0.39 is 12.0 Å². The molecule has 2 fully saturated rings. The van der Waals surface area contributed by atoms with Crippen LogP contribution in [-0.4, -0.2) is 34.0 Å². The van der Waals surface area contributed by atoms with Crippen molar-refractivity contribution >= 4 is 27.8 Å². The van der Waals surface area contributed by atoms with Crippen LogP contribution in [-0.2, 0) is 4.79 Å². The first-order valence-corrected chi connectivity index (χ1v) is 7.66. The van der Waals surface area contributed by atoms with Gasteiger partial charge in [0.2, 0.25) is 0 Å². The molecule has 0 aromatic carbocycles. The summed E-state index contributed by atoms with van der Waals surface area (Å²) in [6.07, 6.45) is 6.07. The van der Waals surface area contributed by atoms with Crippen LogP contribution in [0.5, 0.6) is 0 Å². The molecule has 5 nitrogen and oxygen atoms in total. The van der Waals surface area contributed by atoms with Gasteiger partial charge in [0.1, 0.15) is 12.3 Å². The monoisotopic (exact) mass is 341 g/mol. The van der Waals surface area contributed by atoms with Crippen LogP contribution < -0.4 is 0 Å². The Kier molecular flexibility index (Phi) is 3.58. The molecule has 1 amide bonds. The highest BCUT2D eigenvalue weighted by Crippen LogP contribution is 2.40. The second-order valence-corrected chi connectivity index (χ2v) is 6.34. The van der Waals surface area contributed by atoms with Crippen LogP contribution in [0.3, 0.4) is 0 Å². The molecule has 1 saturated carbocycles. The van der Waals surface area contributed by atoms with Crippen LogP contribution in [0.2, 0.25) is 0 Å². The molecule has 1 aromatic heterocycles. The number of nitrogens with zero attached hydrogens (tertiary/aromatic N) is 1. The van der Waals surface area contributed by atoms with Crippen molar-refractivity contribution in [2.45, 2.75) is 44.2 Å². The minimum Gasteiger partial charge on any atom is -0.480 e. The number of carbonyl (C=O) groups is 2. The molecule has 3 unspecified atom stereocenters. The molecule has 1 aromatic rings. The zero-order valence-corrected chi connectivity index (χ0v) is 12.5. The molecule has 3 rings (SSSR count). The normalized spacial score (nSPS) is 29.2. The summed E-state index contributed by atoms with van der Waals surface area (Å²) in [6, 6.07) is 0.951. The Balaban J connectivity index is 1.90. The zero-order valence-electron chi connectivity index (χ0n) is 10.9. The number of aliphatic carboxylic acids is 1. The summed E-state index contributed by atoms with van der Waals surface area (Å²) in [4.78, 5) is 25.7. The maximum atomic E-state index is 12.6. The molecule has 0 bridgehead atoms. The number of rotatable bonds is 2. The van der Waals surface area contributed by atoms with E-state index in [2.05, 4.69) is 15.9 Å². The van der Waals surface area contributed by atoms with Gasteiger partial charge in [0, 0.05) is 12.1 Å². The van der Waals surface area contributed by atoms with Crippen molar-refractivity contribution in [3.8, 4) is 0 Å². The predicted octanol–water partition coefficient (Wildman–Crippen LogP) is 2.90. The molecule has 0 spiro atoms. The maximum absolute atomic E-state index is 12.6. The van der Waals surface area contributed by atoms with Crippen LogP contribution in [0.1, 0.15) is 42.5 Å². The lowest BCUT2D eigenvalue weighted by Crippen LogP contribution is -2.46. The van der Waals surface area contributed by atoms with Crippen molar-refractivity contribution in [2.75, 3.05) is 0 Å². The average Bonchev–Trinajstić information content (AvgIpc) is 3.01. The van der Waals surface area contributed by atoms with Gasteiger partial charge in [-0.3, -0.25) is 4.79 Å². The van der Waals surface area contributed by atoms with E-state index in [1.807, 2.05) is 0 Å². The Labute approximate surface area is 125 Å². The lowest BCUT2D eigenvalue weighted by molar-refractivity contribution is -0.141. The Morgan fingerprint density at radius 3 is 2.75 bits per heavy atom. The third-order valence-electron chi connectivity index (χ3n) is 4.42. The van der Waals surface area contributed by atoms with E-state index in [-0.39, 0.29) is 11.9 Å². The van der Waals surface area contributed by atoms with Crippen LogP contribution in [0, 0.1) is 5.92 Å². The van der Waals surface area contributed by atoms with Gasteiger partial charge >= 0.3 is 5.97 Å². The third kappa shape index (κ3) is 2.26. The van der Waals surface area contributed by atoms with Gasteiger partial charge in [0.25, 0.3) is 5.91 Å². The van der Waals surface area contributed by atoms with Crippen LogP contribution in [0.4, 0.5) is 0 Å². The molecule has 108 valence electrons. The van der Waals surface area contributed by atoms with Gasteiger partial charge in [0.05, 0.1) is 5.56 Å². The van der Waals surface area contributed by atoms with Gasteiger partial charge in [-0.05, 0) is 41.1 Å². The van der Waals surface area contributed by atoms with Gasteiger partial charge in [-0.2, -0.15) is 0 Å². The number of likely N-dealkylation sites (tertiary alicyclic amines) is 1. The average molecular weight is 342 g/mol. The number of furan rings is 1. The highest BCUT2D eigenvalue weighted by Gasteiger charge is 2.47. The number of fused-ring (bicyclic) bond motifs is 1. The number of hydrogen-bond acceptors (Lipinski definition) is 3. The molecule has 1 saturated heterocycles. The third-order valence-corrected chi connectivity index (χ3v) is 4.84. The largest absolute Gasteiger partial charge is 0.480 e. The van der Waals surface area contributed by atoms with Crippen LogP contribution in [0.15, 0.2) is 21.4 Å². The first kappa shape index (κ1) is 13.7. The number of carboxylic acids is 1. The molecule has 2 aliphatic rings. The van der Waals surface area contributed by atoms with E-state index in [1.54, 1.807) is 11.0 Å². The highest BCUT2D eigenvalue weighted by molar-refractivity contribution is 9.10. The van der Waals surface area contributed by atoms with E-state index >= 15 is 0 Å². The second kappa shape index (κ2) is 5.24. The lowest BCUT2D eigenvalue weighted by Gasteiger charge is -2.32. The molecular weight excluding hydrogens is 326 g/mol. The molecule has 3 atom stereocenters. The topological polar surface area (TPSA) is 70.8 Å². The fourth-order valence-electron chi connectivity index (χ4n) is 3.54. The molecule has 6 heteroatoms. The van der Waals surface area contributed by atoms with Crippen molar-refractivity contribution in [3.63, 3.8) is 0 Å². The summed E-state index contributed by atoms with van der Waals surface area (Å²) in [5.74, 6) is -0.819. The Hall–Kier alpha value is -1.30. The summed E-state index contributed by atoms with van der Waals surface area (Å²) >= 11 is 3.17. The summed E-state index contributed by atoms with van der Waals surface area (Å²) in [5.41, 5.74) is 0.411. The summed E-state index contributed by atoms with van der Waals surface area (Å²) in [6.45, 7) is 0. The molecule has 20 heavy (non-hydrogen) atoms. The predicted molar refractivity (Wildman–Crippen MR) is 74.4 cm³/mol. The van der Waals surface area contributed by atoms with E-state index in [4.69, 9.17) is 4.42 Å². The summed E-state index contributed by atoms with van der Waals surface area (Å²) < 4.78 is 5.58. The molecule has 1 aliphatic carbocycles. The van der Waals surface area contributed by atoms with Crippen molar-refractivity contribution in [1.29, 1.82) is 0 Å². The first-order valence-electron chi connectivity index (χ1n) is 6.87. The Morgan fingerprint density at radius 2 is 2.10 bits per heavy atom. The number of halogens is 1. The molecule has 0 radical (unpaired) electrons. The number of carboxylic acid groups (broad SMARTS) is 1. The van der Waals surface area contributed by atoms with Gasteiger partial charge in [-0.15, -0.1) is 0 Å². The van der Waals surface area contributed by atoms with E-state index in [9.17, 15) is 14.7 Å². The quantitative estimate of drug-likeness (QED) is 0.897. The summed E-state index contributed by atoms with van der Waals surface area (Å²) in [5, 5.41) is 9.41. The number of carbonyl (C=O) groups excluding carboxylic acids is 1. The number of amides is 1. The van der Waals surface area contributed by atoms with Crippen LogP contribution in [0.25, 0.3) is 0 Å². The Bertz CT molecular complexity index is 541. The van der Waals surface area contributed by atoms with Crippen molar-refractivity contribution < 1.29 is 19.1 Å². The Morgan fingerprint density at radius 1 is 1.35 bits per heavy atom. The minimum absolute atomic E-state index is 0.0611. The van der Waals surface area contributed by atoms with Crippen molar-refractivity contribution in [2.24, 2.45) is 5.92 Å². The molecular formula is C14H16BrNO4. The lowest BCUT2D eigenvalue weighted by atomic mass is 9.84. The van der Waals surface area contributed by atoms with Crippen molar-refractivity contribution in [3.05, 3.63) is 22.6 Å². The standard InChI is InChI=1S/C14H16BrNO4/c15-12-6-9(7-20-12)13(17)16-10-4-2-1-3-8(10)5-11(16)14(18)19/h6-8,10-11H,1-5H2,(H,18,19). The van der Waals surface area contributed by atoms with Gasteiger partial charge in [0.15, 0.2) is 4.67 Å². The SMILES string of the molecule is O=C(O)C1CC2CCCCC2N1C(=O)c1coc(Br)c1. The van der Waals surface area contributed by atoms with Crippen molar-refractivity contribution in [1.82, 2.24) is 4.90 Å². The second-order valence-electron chi connectivity index (χ2n) is 5.55. The smallest absolute Gasteiger partial charge is 0.326 e. The molecule has 2 heterocycles. The van der Waals surface area contributed by atoms with Crippen LogP contribution >= 0.6 is 15.9 Å². The summed E-state index contributed by atoms with van der Waals surface area (Å²) in [7, 11) is 0. The van der Waals surface area contributed by atoms with E-state index in [1.165, 1.54) is 6.26 Å². The first-order chi connectivity index (χ1) is 9.58. The number of hydrogen-bond donors (Lipinski definition) is 1. The zero-order chi connectivity index (χ0) is 14.3. The van der Waals surface area contributed by atoms with E-state index in [0.29, 0.717) is 22.6 Å². The van der Waals surface area contributed by atoms with Gasteiger partial charge in [-0.25, -0.2) is 4.79 Å². The maximum Gasteiger partial charge on any atom is 0.326 e. The molecule has 1 aliphatic heterocycles. The molecule has 1 N–H and O–H groups in total. The highest BCUT2D eigenvalue weighted by atomic mass is 79.9. The van der Waals surface area contributed by atoms with E-state index in [0.717, 1.165) is 25.7 Å². The van der Waals surface area contributed by atoms with Gasteiger partial charge < -0.3 is 14.4 Å². The van der Waals surface area contributed by atoms with Gasteiger partial charge in [-0.1, -0.05) is 12.8 Å². The minimum atomic E-state index is -0.907.